The molecule has 1 aromatic heterocycles. The molecule has 2 fully saturated rings. The van der Waals surface area contributed by atoms with Crippen molar-refractivity contribution >= 4 is 45.6 Å². The molecule has 0 N–H and O–H groups in total. The Hall–Kier alpha value is -2.94. The van der Waals surface area contributed by atoms with E-state index in [1.54, 1.807) is 11.3 Å². The molecule has 0 saturated carbocycles. The third kappa shape index (κ3) is 5.88. The zero-order valence-electron chi connectivity index (χ0n) is 25.4. The minimum absolute atomic E-state index is 0.00579. The fraction of sp³-hybridized carbons (Fsp3) is 0.371. The molecule has 0 radical (unpaired) electrons. The monoisotopic (exact) mass is 648 g/mol. The van der Waals surface area contributed by atoms with E-state index in [1.807, 2.05) is 55.4 Å². The maximum atomic E-state index is 14.3. The van der Waals surface area contributed by atoms with Crippen LogP contribution in [0.4, 0.5) is 5.13 Å². The molecule has 230 valence electrons. The Bertz CT molecular complexity index is 1590. The van der Waals surface area contributed by atoms with E-state index in [1.165, 1.54) is 5.56 Å². The van der Waals surface area contributed by atoms with Gasteiger partial charge in [0.15, 0.2) is 11.4 Å². The number of piperidine rings is 1. The van der Waals surface area contributed by atoms with Crippen molar-refractivity contribution in [2.45, 2.75) is 50.0 Å². The maximum absolute atomic E-state index is 14.3. The normalized spacial score (nSPS) is 22.2. The van der Waals surface area contributed by atoms with E-state index >= 15 is 0 Å². The lowest BCUT2D eigenvalue weighted by Crippen LogP contribution is -2.63. The Morgan fingerprint density at radius 2 is 1.64 bits per heavy atom. The van der Waals surface area contributed by atoms with Crippen LogP contribution < -0.4 is 4.90 Å². The predicted molar refractivity (Wildman–Crippen MR) is 180 cm³/mol. The maximum Gasteiger partial charge on any atom is 0.267 e. The Balaban J connectivity index is 1.33. The number of benzene rings is 3. The molecular weight excluding hydrogens is 611 g/mol. The molecule has 2 aliphatic heterocycles. The Morgan fingerprint density at radius 3 is 2.25 bits per heavy atom. The van der Waals surface area contributed by atoms with Crippen molar-refractivity contribution in [3.05, 3.63) is 117 Å². The summed E-state index contributed by atoms with van der Waals surface area (Å²) in [5.41, 5.74) is 3.40. The van der Waals surface area contributed by atoms with Crippen molar-refractivity contribution < 1.29 is 9.53 Å². The molecule has 0 bridgehead atoms. The van der Waals surface area contributed by atoms with Crippen LogP contribution in [0, 0.1) is 0 Å². The van der Waals surface area contributed by atoms with Crippen LogP contribution in [0.5, 0.6) is 0 Å². The lowest BCUT2D eigenvalue weighted by Gasteiger charge is -2.51. The van der Waals surface area contributed by atoms with Gasteiger partial charge in [0.2, 0.25) is 0 Å². The molecular formula is C35H38Cl2N4O2S. The summed E-state index contributed by atoms with van der Waals surface area (Å²) in [6, 6.07) is 26.5. The molecule has 0 spiro atoms. The first-order valence-electron chi connectivity index (χ1n) is 15.1. The van der Waals surface area contributed by atoms with Crippen molar-refractivity contribution in [3.63, 3.8) is 0 Å². The van der Waals surface area contributed by atoms with Gasteiger partial charge < -0.3 is 14.5 Å². The Kier molecular flexibility index (Phi) is 9.05. The van der Waals surface area contributed by atoms with Crippen molar-refractivity contribution in [3.8, 4) is 0 Å². The molecule has 9 heteroatoms. The third-order valence-electron chi connectivity index (χ3n) is 9.21. The Morgan fingerprint density at radius 1 is 0.955 bits per heavy atom. The number of halogens is 2. The van der Waals surface area contributed by atoms with Gasteiger partial charge in [-0.3, -0.25) is 9.69 Å². The van der Waals surface area contributed by atoms with Crippen molar-refractivity contribution in [2.24, 2.45) is 0 Å². The molecule has 0 aliphatic carbocycles. The zero-order chi connectivity index (χ0) is 30.9. The molecule has 4 aromatic rings. The number of rotatable bonds is 8. The SMILES string of the molecule is CCC1(c2ccc(Cl)c(Cl)c2)CN(Cc2ccccc2)C(=O)C(N2CCC(c3ccccc3)(c3csc(N(C)C)n3)CC2)O1. The number of hydrogen-bond donors (Lipinski definition) is 0. The predicted octanol–water partition coefficient (Wildman–Crippen LogP) is 7.59. The average Bonchev–Trinajstić information content (AvgIpc) is 3.56. The fourth-order valence-corrected chi connectivity index (χ4v) is 7.79. The molecule has 3 heterocycles. The second-order valence-electron chi connectivity index (χ2n) is 12.0. The van der Waals surface area contributed by atoms with E-state index in [-0.39, 0.29) is 11.3 Å². The average molecular weight is 650 g/mol. The van der Waals surface area contributed by atoms with Gasteiger partial charge in [-0.1, -0.05) is 96.9 Å². The van der Waals surface area contributed by atoms with Crippen LogP contribution >= 0.6 is 34.5 Å². The molecule has 2 atom stereocenters. The number of nitrogens with zero attached hydrogens (tertiary/aromatic N) is 4. The van der Waals surface area contributed by atoms with Gasteiger partial charge in [0, 0.05) is 44.5 Å². The quantitative estimate of drug-likeness (QED) is 0.197. The third-order valence-corrected chi connectivity index (χ3v) is 11.0. The number of ether oxygens (including phenoxy) is 1. The van der Waals surface area contributed by atoms with E-state index in [0.717, 1.165) is 34.8 Å². The highest BCUT2D eigenvalue weighted by Gasteiger charge is 2.50. The molecule has 2 aliphatic rings. The van der Waals surface area contributed by atoms with Crippen LogP contribution in [0.2, 0.25) is 10.0 Å². The largest absolute Gasteiger partial charge is 0.354 e. The lowest BCUT2D eigenvalue weighted by atomic mass is 9.70. The summed E-state index contributed by atoms with van der Waals surface area (Å²) in [5.74, 6) is -0.00579. The second kappa shape index (κ2) is 12.8. The van der Waals surface area contributed by atoms with Crippen molar-refractivity contribution in [1.82, 2.24) is 14.8 Å². The highest BCUT2D eigenvalue weighted by molar-refractivity contribution is 7.13. The molecule has 3 aromatic carbocycles. The number of aromatic nitrogens is 1. The van der Waals surface area contributed by atoms with Gasteiger partial charge in [-0.2, -0.15) is 0 Å². The minimum atomic E-state index is -0.731. The number of anilines is 1. The van der Waals surface area contributed by atoms with Gasteiger partial charge in [-0.05, 0) is 48.1 Å². The highest BCUT2D eigenvalue weighted by Crippen LogP contribution is 2.45. The number of carbonyl (C=O) groups excluding carboxylic acids is 1. The standard InChI is InChI=1S/C35H38Cl2N4O2S/c1-4-35(27-15-16-28(36)29(37)21-27)24-41(22-25-11-7-5-8-12-25)31(42)32(43-35)40-19-17-34(18-20-40,26-13-9-6-10-14-26)30-23-44-33(38-30)39(2)3/h5-16,21,23,32H,4,17-20,22,24H2,1-3H3. The van der Waals surface area contributed by atoms with Gasteiger partial charge >= 0.3 is 0 Å². The number of thiazole rings is 1. The summed E-state index contributed by atoms with van der Waals surface area (Å²) in [6.07, 6.45) is 1.60. The first kappa shape index (κ1) is 31.1. The summed E-state index contributed by atoms with van der Waals surface area (Å²) < 4.78 is 6.95. The van der Waals surface area contributed by atoms with Crippen LogP contribution in [-0.4, -0.2) is 60.6 Å². The molecule has 2 saturated heterocycles. The van der Waals surface area contributed by atoms with E-state index < -0.39 is 11.8 Å². The first-order chi connectivity index (χ1) is 21.2. The summed E-state index contributed by atoms with van der Waals surface area (Å²) in [4.78, 5) is 25.6. The van der Waals surface area contributed by atoms with Gasteiger partial charge in [0.05, 0.1) is 22.3 Å². The molecule has 6 nitrogen and oxygen atoms in total. The number of carbonyl (C=O) groups is 1. The highest BCUT2D eigenvalue weighted by atomic mass is 35.5. The first-order valence-corrected chi connectivity index (χ1v) is 16.8. The second-order valence-corrected chi connectivity index (χ2v) is 13.7. The molecule has 44 heavy (non-hydrogen) atoms. The summed E-state index contributed by atoms with van der Waals surface area (Å²) in [6.45, 7) is 4.44. The molecule has 1 amide bonds. The lowest BCUT2D eigenvalue weighted by molar-refractivity contribution is -0.219. The van der Waals surface area contributed by atoms with Crippen LogP contribution in [-0.2, 0) is 27.1 Å². The van der Waals surface area contributed by atoms with Gasteiger partial charge in [-0.15, -0.1) is 11.3 Å². The minimum Gasteiger partial charge on any atom is -0.354 e. The zero-order valence-corrected chi connectivity index (χ0v) is 27.7. The smallest absolute Gasteiger partial charge is 0.267 e. The van der Waals surface area contributed by atoms with Crippen molar-refractivity contribution in [2.75, 3.05) is 38.6 Å². The number of hydrogen-bond acceptors (Lipinski definition) is 6. The van der Waals surface area contributed by atoms with E-state index in [4.69, 9.17) is 32.9 Å². The van der Waals surface area contributed by atoms with Crippen LogP contribution in [0.15, 0.2) is 84.2 Å². The topological polar surface area (TPSA) is 48.9 Å². The number of morpholine rings is 1. The summed E-state index contributed by atoms with van der Waals surface area (Å²) >= 11 is 14.5. The van der Waals surface area contributed by atoms with Crippen LogP contribution in [0.1, 0.15) is 48.6 Å². The summed E-state index contributed by atoms with van der Waals surface area (Å²) in [5, 5.41) is 4.18. The van der Waals surface area contributed by atoms with Gasteiger partial charge in [-0.25, -0.2) is 4.98 Å². The van der Waals surface area contributed by atoms with Gasteiger partial charge in [0.25, 0.3) is 5.91 Å². The number of likely N-dealkylation sites (tertiary alicyclic amines) is 1. The fourth-order valence-electron chi connectivity index (χ4n) is 6.63. The summed E-state index contributed by atoms with van der Waals surface area (Å²) in [7, 11) is 4.06. The number of amides is 1. The van der Waals surface area contributed by atoms with Gasteiger partial charge in [0.1, 0.15) is 5.60 Å². The van der Waals surface area contributed by atoms with Crippen LogP contribution in [0.3, 0.4) is 0 Å². The molecule has 6 rings (SSSR count). The Labute approximate surface area is 274 Å². The van der Waals surface area contributed by atoms with Crippen LogP contribution in [0.25, 0.3) is 0 Å². The van der Waals surface area contributed by atoms with E-state index in [2.05, 4.69) is 64.6 Å². The molecule has 2 unspecified atom stereocenters. The van der Waals surface area contributed by atoms with E-state index in [0.29, 0.717) is 42.6 Å². The van der Waals surface area contributed by atoms with Crippen molar-refractivity contribution in [1.29, 1.82) is 0 Å². The van der Waals surface area contributed by atoms with E-state index in [9.17, 15) is 4.79 Å².